The van der Waals surface area contributed by atoms with Crippen LogP contribution in [0.3, 0.4) is 0 Å². The highest BCUT2D eigenvalue weighted by Gasteiger charge is 2.45. The molecule has 1 aliphatic rings. The van der Waals surface area contributed by atoms with Crippen LogP contribution in [0.1, 0.15) is 30.4 Å². The normalized spacial score (nSPS) is 23.2. The molecule has 1 N–H and O–H groups in total. The summed E-state index contributed by atoms with van der Waals surface area (Å²) >= 11 is 1.42. The third-order valence-electron chi connectivity index (χ3n) is 3.51. The Morgan fingerprint density at radius 3 is 2.65 bits per heavy atom. The average Bonchev–Trinajstić information content (AvgIpc) is 3.15. The Hall–Kier alpha value is -1.17. The molecule has 0 saturated heterocycles. The van der Waals surface area contributed by atoms with Crippen LogP contribution in [0.4, 0.5) is 13.2 Å². The number of carbonyl (C=O) groups excluding carboxylic acids is 1. The second-order valence-corrected chi connectivity index (χ2v) is 6.10. The first-order valence-electron chi connectivity index (χ1n) is 6.34. The van der Waals surface area contributed by atoms with Gasteiger partial charge in [-0.05, 0) is 31.2 Å². The molecule has 2 nitrogen and oxygen atoms in total. The molecule has 1 aliphatic carbocycles. The van der Waals surface area contributed by atoms with Crippen molar-refractivity contribution < 1.29 is 18.0 Å². The van der Waals surface area contributed by atoms with E-state index in [2.05, 4.69) is 5.32 Å². The Morgan fingerprint density at radius 1 is 1.40 bits per heavy atom. The lowest BCUT2D eigenvalue weighted by Gasteiger charge is -2.13. The van der Waals surface area contributed by atoms with Gasteiger partial charge in [0.2, 0.25) is 5.91 Å². The number of hydrogen-bond donors (Lipinski definition) is 1. The lowest BCUT2D eigenvalue weighted by atomic mass is 10.0. The van der Waals surface area contributed by atoms with Crippen molar-refractivity contribution in [2.45, 2.75) is 36.7 Å². The second kappa shape index (κ2) is 5.68. The van der Waals surface area contributed by atoms with Crippen molar-refractivity contribution >= 4 is 17.7 Å². The quantitative estimate of drug-likeness (QED) is 0.923. The standard InChI is InChI=1S/C14H16F3NOS/c1-8(20-2)13(19)18-12-7-10(12)9-5-3-4-6-11(9)14(15,16)17/h3-6,8,10,12H,7H2,1-2H3,(H,18,19)/t8-,10-,12+/m1/s1. The van der Waals surface area contributed by atoms with Gasteiger partial charge in [0.25, 0.3) is 0 Å². The first-order valence-corrected chi connectivity index (χ1v) is 7.62. The molecule has 2 rings (SSSR count). The second-order valence-electron chi connectivity index (χ2n) is 4.92. The van der Waals surface area contributed by atoms with Crippen LogP contribution in [-0.2, 0) is 11.0 Å². The highest BCUT2D eigenvalue weighted by atomic mass is 32.2. The lowest BCUT2D eigenvalue weighted by molar-refractivity contribution is -0.138. The molecule has 0 unspecified atom stereocenters. The van der Waals surface area contributed by atoms with Gasteiger partial charge in [0, 0.05) is 12.0 Å². The summed E-state index contributed by atoms with van der Waals surface area (Å²) in [6, 6.07) is 5.40. The molecular weight excluding hydrogens is 287 g/mol. The van der Waals surface area contributed by atoms with Crippen molar-refractivity contribution in [2.75, 3.05) is 6.26 Å². The Morgan fingerprint density at radius 2 is 2.05 bits per heavy atom. The minimum atomic E-state index is -4.35. The third-order valence-corrected chi connectivity index (χ3v) is 4.43. The van der Waals surface area contributed by atoms with Gasteiger partial charge in [-0.25, -0.2) is 0 Å². The Bertz CT molecular complexity index is 503. The van der Waals surface area contributed by atoms with Crippen LogP contribution in [0.5, 0.6) is 0 Å². The SMILES string of the molecule is CS[C@H](C)C(=O)N[C@H]1C[C@@H]1c1ccccc1C(F)(F)F. The Kier molecular flexibility index (Phi) is 4.32. The van der Waals surface area contributed by atoms with E-state index in [4.69, 9.17) is 0 Å². The van der Waals surface area contributed by atoms with Crippen LogP contribution in [0.15, 0.2) is 24.3 Å². The van der Waals surface area contributed by atoms with Gasteiger partial charge in [-0.2, -0.15) is 24.9 Å². The van der Waals surface area contributed by atoms with Gasteiger partial charge in [-0.3, -0.25) is 4.79 Å². The molecule has 0 radical (unpaired) electrons. The van der Waals surface area contributed by atoms with Gasteiger partial charge in [0.1, 0.15) is 0 Å². The summed E-state index contributed by atoms with van der Waals surface area (Å²) in [6.45, 7) is 1.78. The minimum Gasteiger partial charge on any atom is -0.352 e. The molecule has 1 saturated carbocycles. The lowest BCUT2D eigenvalue weighted by Crippen LogP contribution is -2.33. The van der Waals surface area contributed by atoms with Crippen LogP contribution in [0, 0.1) is 0 Å². The monoisotopic (exact) mass is 303 g/mol. The molecule has 6 heteroatoms. The summed E-state index contributed by atoms with van der Waals surface area (Å²) in [6.07, 6.45) is -1.95. The fourth-order valence-corrected chi connectivity index (χ4v) is 2.47. The number of thioether (sulfide) groups is 1. The topological polar surface area (TPSA) is 29.1 Å². The van der Waals surface area contributed by atoms with Crippen LogP contribution >= 0.6 is 11.8 Å². The molecule has 0 spiro atoms. The molecule has 0 bridgehead atoms. The van der Waals surface area contributed by atoms with E-state index in [0.29, 0.717) is 6.42 Å². The van der Waals surface area contributed by atoms with Crippen molar-refractivity contribution in [1.82, 2.24) is 5.32 Å². The molecule has 110 valence electrons. The van der Waals surface area contributed by atoms with Crippen LogP contribution < -0.4 is 5.32 Å². The van der Waals surface area contributed by atoms with Gasteiger partial charge < -0.3 is 5.32 Å². The fraction of sp³-hybridized carbons (Fsp3) is 0.500. The zero-order valence-electron chi connectivity index (χ0n) is 11.2. The average molecular weight is 303 g/mol. The van der Waals surface area contributed by atoms with Crippen LogP contribution in [-0.4, -0.2) is 23.5 Å². The van der Waals surface area contributed by atoms with Gasteiger partial charge >= 0.3 is 6.18 Å². The van der Waals surface area contributed by atoms with Gasteiger partial charge in [-0.1, -0.05) is 18.2 Å². The molecule has 1 aromatic rings. The van der Waals surface area contributed by atoms with Crippen molar-refractivity contribution in [1.29, 1.82) is 0 Å². The number of benzene rings is 1. The highest BCUT2D eigenvalue weighted by molar-refractivity contribution is 7.99. The fourth-order valence-electron chi connectivity index (χ4n) is 2.18. The van der Waals surface area contributed by atoms with E-state index in [1.807, 2.05) is 6.26 Å². The summed E-state index contributed by atoms with van der Waals surface area (Å²) in [5, 5.41) is 2.62. The summed E-state index contributed by atoms with van der Waals surface area (Å²) in [4.78, 5) is 11.7. The molecule has 0 aromatic heterocycles. The van der Waals surface area contributed by atoms with Crippen LogP contribution in [0.25, 0.3) is 0 Å². The predicted octanol–water partition coefficient (Wildman–Crippen LogP) is 3.43. The number of amides is 1. The van der Waals surface area contributed by atoms with Gasteiger partial charge in [0.15, 0.2) is 0 Å². The summed E-state index contributed by atoms with van der Waals surface area (Å²) < 4.78 is 38.8. The zero-order valence-corrected chi connectivity index (χ0v) is 12.0. The number of hydrogen-bond acceptors (Lipinski definition) is 2. The maximum Gasteiger partial charge on any atom is 0.416 e. The molecule has 0 aliphatic heterocycles. The number of rotatable bonds is 4. The summed E-state index contributed by atoms with van der Waals surface area (Å²) in [7, 11) is 0. The first-order chi connectivity index (χ1) is 9.34. The number of alkyl halides is 3. The summed E-state index contributed by atoms with van der Waals surface area (Å²) in [5.74, 6) is -0.347. The molecule has 20 heavy (non-hydrogen) atoms. The van der Waals surface area contributed by atoms with E-state index in [1.54, 1.807) is 13.0 Å². The molecule has 1 fully saturated rings. The van der Waals surface area contributed by atoms with E-state index < -0.39 is 11.7 Å². The third kappa shape index (κ3) is 3.29. The van der Waals surface area contributed by atoms with Crippen LogP contribution in [0.2, 0.25) is 0 Å². The van der Waals surface area contributed by atoms with Gasteiger partial charge in [0.05, 0.1) is 10.8 Å². The van der Waals surface area contributed by atoms with E-state index >= 15 is 0 Å². The van der Waals surface area contributed by atoms with Crippen molar-refractivity contribution in [3.8, 4) is 0 Å². The number of halogens is 3. The maximum atomic E-state index is 12.9. The Labute approximate surface area is 120 Å². The van der Waals surface area contributed by atoms with E-state index in [1.165, 1.54) is 23.9 Å². The molecule has 1 amide bonds. The highest BCUT2D eigenvalue weighted by Crippen LogP contribution is 2.46. The largest absolute Gasteiger partial charge is 0.416 e. The molecule has 1 aromatic carbocycles. The number of carbonyl (C=O) groups is 1. The van der Waals surface area contributed by atoms with Crippen molar-refractivity contribution in [2.24, 2.45) is 0 Å². The number of nitrogens with one attached hydrogen (secondary N) is 1. The van der Waals surface area contributed by atoms with Crippen molar-refractivity contribution in [3.05, 3.63) is 35.4 Å². The smallest absolute Gasteiger partial charge is 0.352 e. The first kappa shape index (κ1) is 15.2. The van der Waals surface area contributed by atoms with E-state index in [-0.39, 0.29) is 28.7 Å². The molecular formula is C14H16F3NOS. The Balaban J connectivity index is 2.08. The zero-order chi connectivity index (χ0) is 14.9. The minimum absolute atomic E-state index is 0.116. The van der Waals surface area contributed by atoms with Crippen molar-refractivity contribution in [3.63, 3.8) is 0 Å². The van der Waals surface area contributed by atoms with E-state index in [0.717, 1.165) is 6.07 Å². The van der Waals surface area contributed by atoms with Gasteiger partial charge in [-0.15, -0.1) is 0 Å². The summed E-state index contributed by atoms with van der Waals surface area (Å²) in [5.41, 5.74) is -0.318. The molecule has 0 heterocycles. The van der Waals surface area contributed by atoms with E-state index in [9.17, 15) is 18.0 Å². The maximum absolute atomic E-state index is 12.9. The molecule has 3 atom stereocenters. The predicted molar refractivity (Wildman–Crippen MR) is 73.7 cm³/mol.